The predicted octanol–water partition coefficient (Wildman–Crippen LogP) is 2.82. The van der Waals surface area contributed by atoms with Crippen LogP contribution in [0.15, 0.2) is 0 Å². The van der Waals surface area contributed by atoms with Gasteiger partial charge in [-0.25, -0.2) is 0 Å². The van der Waals surface area contributed by atoms with E-state index in [1.165, 1.54) is 0 Å². The summed E-state index contributed by atoms with van der Waals surface area (Å²) in [5, 5.41) is 2.41. The van der Waals surface area contributed by atoms with Gasteiger partial charge in [-0.2, -0.15) is 13.2 Å². The molecule has 0 aromatic heterocycles. The van der Waals surface area contributed by atoms with Crippen molar-refractivity contribution >= 4 is 0 Å². The van der Waals surface area contributed by atoms with E-state index in [0.717, 1.165) is 0 Å². The molecule has 0 saturated heterocycles. The fourth-order valence-electron chi connectivity index (χ4n) is 0.737. The third-order valence-electron chi connectivity index (χ3n) is 2.25. The number of rotatable bonds is 3. The quantitative estimate of drug-likeness (QED) is 0.733. The minimum atomic E-state index is -4.10. The summed E-state index contributed by atoms with van der Waals surface area (Å²) in [6, 6.07) is 0. The number of hydrogen-bond acceptors (Lipinski definition) is 1. The van der Waals surface area contributed by atoms with Gasteiger partial charge in [0.1, 0.15) is 0 Å². The van der Waals surface area contributed by atoms with E-state index in [0.29, 0.717) is 6.54 Å². The number of nitrogens with one attached hydrogen (secondary N) is 1. The standard InChI is InChI=1S/C9H18F3N/c1-7(8(2,3)4)5-13-6-9(10,11)12/h7,13H,5-6H2,1-4H3. The molecule has 1 atom stereocenters. The van der Waals surface area contributed by atoms with Crippen molar-refractivity contribution in [2.45, 2.75) is 33.9 Å². The summed E-state index contributed by atoms with van der Waals surface area (Å²) in [4.78, 5) is 0. The van der Waals surface area contributed by atoms with Crippen LogP contribution in [0.3, 0.4) is 0 Å². The summed E-state index contributed by atoms with van der Waals surface area (Å²) >= 11 is 0. The lowest BCUT2D eigenvalue weighted by Gasteiger charge is -2.27. The zero-order valence-electron chi connectivity index (χ0n) is 8.63. The van der Waals surface area contributed by atoms with Crippen molar-refractivity contribution in [3.05, 3.63) is 0 Å². The van der Waals surface area contributed by atoms with Crippen LogP contribution < -0.4 is 5.32 Å². The Morgan fingerprint density at radius 3 is 1.92 bits per heavy atom. The third kappa shape index (κ3) is 6.87. The molecule has 0 spiro atoms. The van der Waals surface area contributed by atoms with E-state index in [2.05, 4.69) is 5.32 Å². The zero-order valence-corrected chi connectivity index (χ0v) is 8.63. The van der Waals surface area contributed by atoms with Crippen LogP contribution in [0.2, 0.25) is 0 Å². The van der Waals surface area contributed by atoms with Crippen molar-refractivity contribution in [1.82, 2.24) is 5.32 Å². The molecule has 0 bridgehead atoms. The van der Waals surface area contributed by atoms with Crippen molar-refractivity contribution < 1.29 is 13.2 Å². The molecule has 1 N–H and O–H groups in total. The van der Waals surface area contributed by atoms with Gasteiger partial charge in [-0.3, -0.25) is 0 Å². The van der Waals surface area contributed by atoms with Crippen molar-refractivity contribution in [2.75, 3.05) is 13.1 Å². The highest BCUT2D eigenvalue weighted by atomic mass is 19.4. The topological polar surface area (TPSA) is 12.0 Å². The molecule has 0 aromatic rings. The Balaban J connectivity index is 3.67. The summed E-state index contributed by atoms with van der Waals surface area (Å²) in [7, 11) is 0. The van der Waals surface area contributed by atoms with E-state index in [4.69, 9.17) is 0 Å². The van der Waals surface area contributed by atoms with Crippen LogP contribution in [0, 0.1) is 11.3 Å². The van der Waals surface area contributed by atoms with Gasteiger partial charge in [0.2, 0.25) is 0 Å². The van der Waals surface area contributed by atoms with E-state index >= 15 is 0 Å². The first-order valence-electron chi connectivity index (χ1n) is 4.40. The molecule has 0 aromatic carbocycles. The minimum Gasteiger partial charge on any atom is -0.308 e. The second-order valence-corrected chi connectivity index (χ2v) is 4.51. The maximum Gasteiger partial charge on any atom is 0.401 e. The number of alkyl halides is 3. The van der Waals surface area contributed by atoms with Crippen molar-refractivity contribution in [1.29, 1.82) is 0 Å². The Kier molecular flexibility index (Phi) is 4.23. The van der Waals surface area contributed by atoms with Gasteiger partial charge in [-0.15, -0.1) is 0 Å². The lowest BCUT2D eigenvalue weighted by molar-refractivity contribution is -0.125. The summed E-state index contributed by atoms with van der Waals surface area (Å²) in [6.45, 7) is 7.52. The van der Waals surface area contributed by atoms with Gasteiger partial charge in [0.05, 0.1) is 6.54 Å². The van der Waals surface area contributed by atoms with Crippen LogP contribution in [-0.2, 0) is 0 Å². The highest BCUT2D eigenvalue weighted by molar-refractivity contribution is 4.72. The van der Waals surface area contributed by atoms with E-state index in [9.17, 15) is 13.2 Å². The van der Waals surface area contributed by atoms with Crippen LogP contribution >= 0.6 is 0 Å². The largest absolute Gasteiger partial charge is 0.401 e. The van der Waals surface area contributed by atoms with Gasteiger partial charge in [0, 0.05) is 0 Å². The Labute approximate surface area is 77.7 Å². The summed E-state index contributed by atoms with van der Waals surface area (Å²) in [5.74, 6) is 0.231. The van der Waals surface area contributed by atoms with Crippen LogP contribution in [0.1, 0.15) is 27.7 Å². The second kappa shape index (κ2) is 4.31. The van der Waals surface area contributed by atoms with Gasteiger partial charge in [-0.05, 0) is 17.9 Å². The van der Waals surface area contributed by atoms with Crippen molar-refractivity contribution in [2.24, 2.45) is 11.3 Å². The first-order valence-corrected chi connectivity index (χ1v) is 4.40. The van der Waals surface area contributed by atoms with Crippen LogP contribution in [0.25, 0.3) is 0 Å². The van der Waals surface area contributed by atoms with Gasteiger partial charge >= 0.3 is 6.18 Å². The molecule has 0 saturated carbocycles. The average molecular weight is 197 g/mol. The van der Waals surface area contributed by atoms with Crippen molar-refractivity contribution in [3.63, 3.8) is 0 Å². The third-order valence-corrected chi connectivity index (χ3v) is 2.25. The molecule has 0 aliphatic rings. The average Bonchev–Trinajstić information content (AvgIpc) is 1.82. The molecule has 4 heteroatoms. The van der Waals surface area contributed by atoms with E-state index in [1.54, 1.807) is 0 Å². The molecule has 1 unspecified atom stereocenters. The van der Waals surface area contributed by atoms with Crippen LogP contribution in [0.5, 0.6) is 0 Å². The molecule has 0 aliphatic heterocycles. The highest BCUT2D eigenvalue weighted by Gasteiger charge is 2.27. The number of halogens is 3. The maximum absolute atomic E-state index is 11.7. The molecule has 0 heterocycles. The van der Waals surface area contributed by atoms with E-state index in [1.807, 2.05) is 27.7 Å². The highest BCUT2D eigenvalue weighted by Crippen LogP contribution is 2.24. The van der Waals surface area contributed by atoms with Gasteiger partial charge in [-0.1, -0.05) is 27.7 Å². The van der Waals surface area contributed by atoms with Crippen molar-refractivity contribution in [3.8, 4) is 0 Å². The van der Waals surface area contributed by atoms with E-state index in [-0.39, 0.29) is 11.3 Å². The van der Waals surface area contributed by atoms with E-state index < -0.39 is 12.7 Å². The zero-order chi connectivity index (χ0) is 10.7. The molecule has 1 nitrogen and oxygen atoms in total. The number of hydrogen-bond donors (Lipinski definition) is 1. The van der Waals surface area contributed by atoms with Gasteiger partial charge in [0.15, 0.2) is 0 Å². The smallest absolute Gasteiger partial charge is 0.308 e. The first-order chi connectivity index (χ1) is 5.63. The van der Waals surface area contributed by atoms with Crippen LogP contribution in [0.4, 0.5) is 13.2 Å². The normalized spacial score (nSPS) is 15.9. The second-order valence-electron chi connectivity index (χ2n) is 4.51. The molecule has 0 amide bonds. The molecule has 0 rings (SSSR count). The fraction of sp³-hybridized carbons (Fsp3) is 1.00. The summed E-state index contributed by atoms with van der Waals surface area (Å²) in [5.41, 5.74) is 0.0542. The molecule has 80 valence electrons. The Hall–Kier alpha value is -0.250. The first kappa shape index (κ1) is 12.8. The lowest BCUT2D eigenvalue weighted by Crippen LogP contribution is -2.35. The van der Waals surface area contributed by atoms with Gasteiger partial charge in [0.25, 0.3) is 0 Å². The Morgan fingerprint density at radius 1 is 1.15 bits per heavy atom. The maximum atomic E-state index is 11.7. The monoisotopic (exact) mass is 197 g/mol. The van der Waals surface area contributed by atoms with Gasteiger partial charge < -0.3 is 5.32 Å². The molecule has 13 heavy (non-hydrogen) atoms. The minimum absolute atomic E-state index is 0.0542. The molecule has 0 fully saturated rings. The predicted molar refractivity (Wildman–Crippen MR) is 47.5 cm³/mol. The fourth-order valence-corrected chi connectivity index (χ4v) is 0.737. The lowest BCUT2D eigenvalue weighted by atomic mass is 9.82. The molecular formula is C9H18F3N. The molecule has 0 aliphatic carbocycles. The SMILES string of the molecule is CC(CNCC(F)(F)F)C(C)(C)C. The molecule has 0 radical (unpaired) electrons. The Morgan fingerprint density at radius 2 is 1.62 bits per heavy atom. The molecular weight excluding hydrogens is 179 g/mol. The Bertz CT molecular complexity index is 146. The summed E-state index contributed by atoms with van der Waals surface area (Å²) < 4.78 is 35.2. The van der Waals surface area contributed by atoms with Crippen LogP contribution in [-0.4, -0.2) is 19.3 Å². The summed E-state index contributed by atoms with van der Waals surface area (Å²) in [6.07, 6.45) is -4.10.